The third kappa shape index (κ3) is 3.69. The van der Waals surface area contributed by atoms with Crippen LogP contribution in [0.3, 0.4) is 0 Å². The van der Waals surface area contributed by atoms with Gasteiger partial charge >= 0.3 is 0 Å². The van der Waals surface area contributed by atoms with E-state index in [0.29, 0.717) is 11.0 Å². The lowest BCUT2D eigenvalue weighted by Crippen LogP contribution is -2.27. The van der Waals surface area contributed by atoms with Crippen LogP contribution in [-0.2, 0) is 0 Å². The van der Waals surface area contributed by atoms with Crippen molar-refractivity contribution in [2.75, 3.05) is 37.8 Å². The number of anilines is 2. The number of nitrogens with two attached hydrogens (primary N) is 1. The van der Waals surface area contributed by atoms with Crippen LogP contribution in [0.5, 0.6) is 0 Å². The Hall–Kier alpha value is -1.71. The Morgan fingerprint density at radius 3 is 2.62 bits per heavy atom. The lowest BCUT2D eigenvalue weighted by Gasteiger charge is -2.26. The van der Waals surface area contributed by atoms with Crippen molar-refractivity contribution in [1.29, 1.82) is 0 Å². The van der Waals surface area contributed by atoms with Gasteiger partial charge in [0.1, 0.15) is 0 Å². The van der Waals surface area contributed by atoms with E-state index in [2.05, 4.69) is 18.7 Å². The van der Waals surface area contributed by atoms with Crippen molar-refractivity contribution in [1.82, 2.24) is 4.90 Å². The smallest absolute Gasteiger partial charge is 0.253 e. The number of hydrogen-bond acceptors (Lipinski definition) is 3. The van der Waals surface area contributed by atoms with E-state index in [0.717, 1.165) is 37.3 Å². The van der Waals surface area contributed by atoms with Crippen LogP contribution in [0.4, 0.5) is 11.4 Å². The fraction of sp³-hybridized carbons (Fsp3) is 0.588. The molecule has 4 nitrogen and oxygen atoms in total. The average molecular weight is 289 g/mol. The molecule has 0 radical (unpaired) electrons. The molecule has 1 aliphatic rings. The molecule has 2 N–H and O–H groups in total. The fourth-order valence-electron chi connectivity index (χ4n) is 2.87. The first-order valence-corrected chi connectivity index (χ1v) is 7.66. The summed E-state index contributed by atoms with van der Waals surface area (Å²) in [6.45, 7) is 6.65. The number of nitrogens with zero attached hydrogens (tertiary/aromatic N) is 2. The van der Waals surface area contributed by atoms with Gasteiger partial charge in [-0.15, -0.1) is 0 Å². The van der Waals surface area contributed by atoms with Crippen LogP contribution >= 0.6 is 0 Å². The zero-order valence-corrected chi connectivity index (χ0v) is 13.6. The summed E-state index contributed by atoms with van der Waals surface area (Å²) >= 11 is 0. The summed E-state index contributed by atoms with van der Waals surface area (Å²) in [6, 6.07) is 5.60. The van der Waals surface area contributed by atoms with Crippen molar-refractivity contribution in [3.63, 3.8) is 0 Å². The fourth-order valence-corrected chi connectivity index (χ4v) is 2.87. The zero-order chi connectivity index (χ0) is 15.6. The number of benzene rings is 1. The molecule has 1 fully saturated rings. The van der Waals surface area contributed by atoms with Gasteiger partial charge in [-0.3, -0.25) is 4.79 Å². The van der Waals surface area contributed by atoms with Gasteiger partial charge in [0.25, 0.3) is 5.91 Å². The average Bonchev–Trinajstić information content (AvgIpc) is 2.59. The number of nitrogen functional groups attached to an aromatic ring is 1. The number of hydrogen-bond donors (Lipinski definition) is 1. The largest absolute Gasteiger partial charge is 0.397 e. The molecule has 1 saturated heterocycles. The van der Waals surface area contributed by atoms with Gasteiger partial charge in [0, 0.05) is 32.7 Å². The van der Waals surface area contributed by atoms with E-state index in [9.17, 15) is 4.79 Å². The Morgan fingerprint density at radius 2 is 1.95 bits per heavy atom. The van der Waals surface area contributed by atoms with Crippen LogP contribution in [0.25, 0.3) is 0 Å². The van der Waals surface area contributed by atoms with Gasteiger partial charge in [-0.05, 0) is 42.9 Å². The maximum absolute atomic E-state index is 12.1. The number of carbonyl (C=O) groups is 1. The first-order chi connectivity index (χ1) is 9.80. The molecule has 1 heterocycles. The second-order valence-electron chi connectivity index (χ2n) is 6.98. The first-order valence-electron chi connectivity index (χ1n) is 7.66. The Morgan fingerprint density at radius 1 is 1.24 bits per heavy atom. The van der Waals surface area contributed by atoms with Gasteiger partial charge in [-0.25, -0.2) is 0 Å². The lowest BCUT2D eigenvalue weighted by molar-refractivity contribution is 0.0827. The molecule has 0 bridgehead atoms. The minimum absolute atomic E-state index is 0.0198. The molecule has 0 atom stereocenters. The minimum atomic E-state index is 0.0198. The molecule has 1 aromatic rings. The Labute approximate surface area is 127 Å². The molecule has 0 saturated carbocycles. The highest BCUT2D eigenvalue weighted by molar-refractivity contribution is 5.96. The monoisotopic (exact) mass is 289 g/mol. The molecule has 0 aromatic heterocycles. The van der Waals surface area contributed by atoms with Gasteiger partial charge in [-0.1, -0.05) is 13.8 Å². The molecule has 1 aromatic carbocycles. The molecular weight excluding hydrogens is 262 g/mol. The van der Waals surface area contributed by atoms with E-state index >= 15 is 0 Å². The highest BCUT2D eigenvalue weighted by Gasteiger charge is 2.24. The van der Waals surface area contributed by atoms with Gasteiger partial charge in [0.2, 0.25) is 0 Å². The normalized spacial score (nSPS) is 18.2. The van der Waals surface area contributed by atoms with Crippen LogP contribution in [0.2, 0.25) is 0 Å². The summed E-state index contributed by atoms with van der Waals surface area (Å²) in [6.07, 6.45) is 3.55. The predicted molar refractivity (Wildman–Crippen MR) is 88.7 cm³/mol. The molecule has 1 amide bonds. The van der Waals surface area contributed by atoms with E-state index in [4.69, 9.17) is 5.73 Å². The van der Waals surface area contributed by atoms with E-state index in [1.54, 1.807) is 19.0 Å². The van der Waals surface area contributed by atoms with Crippen molar-refractivity contribution in [2.24, 2.45) is 5.41 Å². The van der Waals surface area contributed by atoms with E-state index in [-0.39, 0.29) is 5.91 Å². The quantitative estimate of drug-likeness (QED) is 0.852. The maximum atomic E-state index is 12.1. The van der Waals surface area contributed by atoms with Crippen molar-refractivity contribution < 1.29 is 4.79 Å². The molecule has 0 unspecified atom stereocenters. The molecule has 4 heteroatoms. The molecular formula is C17H27N3O. The van der Waals surface area contributed by atoms with Gasteiger partial charge in [-0.2, -0.15) is 0 Å². The summed E-state index contributed by atoms with van der Waals surface area (Å²) in [4.78, 5) is 16.1. The Kier molecular flexibility index (Phi) is 4.45. The second-order valence-corrected chi connectivity index (χ2v) is 6.98. The van der Waals surface area contributed by atoms with Crippen LogP contribution < -0.4 is 10.6 Å². The summed E-state index contributed by atoms with van der Waals surface area (Å²) < 4.78 is 0. The van der Waals surface area contributed by atoms with Crippen molar-refractivity contribution in [3.8, 4) is 0 Å². The molecule has 21 heavy (non-hydrogen) atoms. The zero-order valence-electron chi connectivity index (χ0n) is 13.6. The third-order valence-electron chi connectivity index (χ3n) is 4.36. The number of amides is 1. The topological polar surface area (TPSA) is 49.6 Å². The Bertz CT molecular complexity index is 523. The second kappa shape index (κ2) is 5.96. The summed E-state index contributed by atoms with van der Waals surface area (Å²) in [5.74, 6) is 0.0198. The molecule has 2 rings (SSSR count). The van der Waals surface area contributed by atoms with Crippen LogP contribution in [-0.4, -0.2) is 38.0 Å². The van der Waals surface area contributed by atoms with Crippen LogP contribution in [0.1, 0.15) is 43.5 Å². The van der Waals surface area contributed by atoms with Gasteiger partial charge in [0.15, 0.2) is 0 Å². The van der Waals surface area contributed by atoms with Crippen LogP contribution in [0.15, 0.2) is 18.2 Å². The SMILES string of the molecule is CN(C)C(=O)c1ccc(N)c(N2CCCC(C)(C)CC2)c1. The van der Waals surface area contributed by atoms with E-state index in [1.165, 1.54) is 6.42 Å². The molecule has 1 aliphatic heterocycles. The van der Waals surface area contributed by atoms with Crippen molar-refractivity contribution >= 4 is 17.3 Å². The Balaban J connectivity index is 2.26. The first kappa shape index (κ1) is 15.7. The standard InChI is InChI=1S/C17H27N3O/c1-17(2)8-5-10-20(11-9-17)15-12-13(6-7-14(15)18)16(21)19(3)4/h6-7,12H,5,8-11,18H2,1-4H3. The molecule has 0 aliphatic carbocycles. The predicted octanol–water partition coefficient (Wildman–Crippen LogP) is 2.99. The summed E-state index contributed by atoms with van der Waals surface area (Å²) in [5.41, 5.74) is 8.99. The van der Waals surface area contributed by atoms with E-state index in [1.807, 2.05) is 18.2 Å². The van der Waals surface area contributed by atoms with Gasteiger partial charge < -0.3 is 15.5 Å². The molecule has 116 valence electrons. The van der Waals surface area contributed by atoms with Crippen molar-refractivity contribution in [3.05, 3.63) is 23.8 Å². The maximum Gasteiger partial charge on any atom is 0.253 e. The number of carbonyl (C=O) groups excluding carboxylic acids is 1. The lowest BCUT2D eigenvalue weighted by atomic mass is 9.85. The van der Waals surface area contributed by atoms with Gasteiger partial charge in [0.05, 0.1) is 11.4 Å². The third-order valence-corrected chi connectivity index (χ3v) is 4.36. The molecule has 0 spiro atoms. The van der Waals surface area contributed by atoms with Crippen molar-refractivity contribution in [2.45, 2.75) is 33.1 Å². The highest BCUT2D eigenvalue weighted by atomic mass is 16.2. The van der Waals surface area contributed by atoms with Crippen LogP contribution in [0, 0.1) is 5.41 Å². The summed E-state index contributed by atoms with van der Waals surface area (Å²) in [5, 5.41) is 0. The number of rotatable bonds is 2. The van der Waals surface area contributed by atoms with E-state index < -0.39 is 0 Å². The minimum Gasteiger partial charge on any atom is -0.397 e. The highest BCUT2D eigenvalue weighted by Crippen LogP contribution is 2.33. The summed E-state index contributed by atoms with van der Waals surface area (Å²) in [7, 11) is 3.54.